The van der Waals surface area contributed by atoms with Gasteiger partial charge in [0.05, 0.1) is 71.8 Å². The lowest BCUT2D eigenvalue weighted by molar-refractivity contribution is -0.577. The van der Waals surface area contributed by atoms with Crippen molar-refractivity contribution >= 4 is 66.5 Å². The third kappa shape index (κ3) is 9.65. The molecular weight excluding hydrogens is 1120 g/mol. The van der Waals surface area contributed by atoms with Crippen LogP contribution in [0, 0.1) is 46.7 Å². The van der Waals surface area contributed by atoms with Gasteiger partial charge in [0.25, 0.3) is 0 Å². The molecule has 0 aliphatic carbocycles. The zero-order valence-corrected chi connectivity index (χ0v) is 46.6. The number of nitrogens with one attached hydrogen (secondary N) is 3. The van der Waals surface area contributed by atoms with Gasteiger partial charge >= 0.3 is 29.4 Å². The number of pyridine rings is 2. The molecule has 13 aromatic rings. The van der Waals surface area contributed by atoms with E-state index in [1.54, 1.807) is 71.1 Å². The minimum absolute atomic E-state index is 0.0584. The fraction of sp³-hybridized carbons (Fsp3) is 0.186. The first-order valence-electron chi connectivity index (χ1n) is 25.5. The van der Waals surface area contributed by atoms with Gasteiger partial charge in [-0.05, 0) is 131 Å². The average Bonchev–Trinajstić information content (AvgIpc) is 1.67. The first-order chi connectivity index (χ1) is 39.7. The molecule has 0 bridgehead atoms. The highest BCUT2D eigenvalue weighted by atomic mass is 35.5. The van der Waals surface area contributed by atoms with Crippen LogP contribution in [0.4, 0.5) is 26.3 Å². The van der Waals surface area contributed by atoms with Gasteiger partial charge in [-0.1, -0.05) is 33.1 Å². The third-order valence-corrected chi connectivity index (χ3v) is 15.0. The fourth-order valence-electron chi connectivity index (χ4n) is 10.9. The standard InChI is InChI=1S/C23H17F3N4O3.C23H17F3N4O2.C13H12ClN3O2/c1-11-20(12(2)33-28-11)14-7-16(21-18(9-14)27-22(31)29(21)3)15-10-19-13(5-4-6-30(19)32)8-17(15)23(24,25)26;1-11-20(12(2)32-29-11)14-7-16(21-19(9-14)28-22(31)30(21)3)15-10-18-13(5-4-6-27-18)8-17(15)23(24,25)26;1-6-11(7(2)19-16-6)8-4-9(14)12-10(5-8)15-13(18)17(12)3/h4-10H,1-3H3,(H,27,31);4-10H,1-3H3,(H,28,31);4-5H,1-3H3,(H,15,18). The molecule has 5 aromatic carbocycles. The quantitative estimate of drug-likeness (QED) is 0.0833. The summed E-state index contributed by atoms with van der Waals surface area (Å²) >= 11 is 6.27. The van der Waals surface area contributed by atoms with Crippen molar-refractivity contribution in [2.24, 2.45) is 21.1 Å². The molecule has 0 radical (unpaired) electrons. The largest absolute Gasteiger partial charge is 0.618 e. The lowest BCUT2D eigenvalue weighted by Crippen LogP contribution is -2.26. The van der Waals surface area contributed by atoms with E-state index in [-0.39, 0.29) is 44.4 Å². The Morgan fingerprint density at radius 3 is 1.37 bits per heavy atom. The topological polar surface area (TPSA) is 231 Å². The van der Waals surface area contributed by atoms with Crippen LogP contribution < -0.4 is 21.8 Å². The number of hydrogen-bond donors (Lipinski definition) is 3. The van der Waals surface area contributed by atoms with Crippen LogP contribution in [0.25, 0.3) is 111 Å². The number of fused-ring (bicyclic) bond motifs is 5. The second-order valence-corrected chi connectivity index (χ2v) is 20.5. The van der Waals surface area contributed by atoms with Crippen molar-refractivity contribution in [1.82, 2.24) is 49.1 Å². The van der Waals surface area contributed by atoms with Crippen LogP contribution in [-0.2, 0) is 33.5 Å². The van der Waals surface area contributed by atoms with Crippen LogP contribution in [0.1, 0.15) is 45.5 Å². The second kappa shape index (κ2) is 20.5. The van der Waals surface area contributed by atoms with Crippen molar-refractivity contribution in [2.75, 3.05) is 0 Å². The minimum atomic E-state index is -4.70. The number of halogens is 7. The molecule has 0 amide bonds. The zero-order chi connectivity index (χ0) is 60.2. The van der Waals surface area contributed by atoms with Gasteiger partial charge in [0.15, 0.2) is 6.20 Å². The lowest BCUT2D eigenvalue weighted by atomic mass is 9.92. The molecule has 8 aromatic heterocycles. The Morgan fingerprint density at radius 2 is 0.929 bits per heavy atom. The Labute approximate surface area is 473 Å². The predicted octanol–water partition coefficient (Wildman–Crippen LogP) is 12.8. The van der Waals surface area contributed by atoms with Crippen LogP contribution in [0.5, 0.6) is 0 Å². The number of benzene rings is 5. The first kappa shape index (κ1) is 55.9. The normalized spacial score (nSPS) is 12.0. The number of rotatable bonds is 5. The molecule has 84 heavy (non-hydrogen) atoms. The Hall–Kier alpha value is -9.97. The van der Waals surface area contributed by atoms with Gasteiger partial charge in [0.1, 0.15) is 17.3 Å². The molecule has 0 aliphatic heterocycles. The van der Waals surface area contributed by atoms with E-state index in [1.165, 1.54) is 64.5 Å². The maximum atomic E-state index is 14.2. The highest BCUT2D eigenvalue weighted by molar-refractivity contribution is 6.35. The molecule has 0 fully saturated rings. The van der Waals surface area contributed by atoms with E-state index in [2.05, 4.69) is 35.4 Å². The average molecular weight is 1170 g/mol. The van der Waals surface area contributed by atoms with Gasteiger partial charge in [-0.3, -0.25) is 18.7 Å². The Bertz CT molecular complexity index is 4950. The van der Waals surface area contributed by atoms with Gasteiger partial charge in [-0.2, -0.15) is 31.1 Å². The predicted molar refractivity (Wildman–Crippen MR) is 303 cm³/mol. The first-order valence-corrected chi connectivity index (χ1v) is 25.9. The van der Waals surface area contributed by atoms with Crippen molar-refractivity contribution in [1.29, 1.82) is 0 Å². The molecule has 8 heterocycles. The molecule has 428 valence electrons. The van der Waals surface area contributed by atoms with Crippen LogP contribution in [0.2, 0.25) is 5.02 Å². The number of hydrogen-bond acceptors (Lipinski definition) is 11. The number of aromatic amines is 3. The number of alkyl halides is 6. The number of H-pyrrole nitrogens is 3. The van der Waals surface area contributed by atoms with E-state index < -0.39 is 34.9 Å². The summed E-state index contributed by atoms with van der Waals surface area (Å²) < 4.78 is 105. The Kier molecular flexibility index (Phi) is 13.6. The van der Waals surface area contributed by atoms with Gasteiger partial charge in [0, 0.05) is 83.6 Å². The summed E-state index contributed by atoms with van der Waals surface area (Å²) in [7, 11) is 4.68. The molecule has 3 N–H and O–H groups in total. The SMILES string of the molecule is Cc1noc(C)c1-c1cc(-c2cc3c(ccc[n+]3[O-])cc2C(F)(F)F)c2c(c1)[nH]c(=O)n2C.Cc1noc(C)c1-c1cc(-c2cc3ncccc3cc2C(F)(F)F)c2c(c1)[nH]c(=O)n2C.Cc1noc(C)c1-c1cc(Cl)c2c(c1)[nH]c(=O)n2C. The van der Waals surface area contributed by atoms with Gasteiger partial charge < -0.3 is 33.7 Å². The van der Waals surface area contributed by atoms with Crippen molar-refractivity contribution in [3.63, 3.8) is 0 Å². The summed E-state index contributed by atoms with van der Waals surface area (Å²) in [5.41, 5.74) is 6.85. The van der Waals surface area contributed by atoms with E-state index >= 15 is 0 Å². The van der Waals surface area contributed by atoms with Crippen molar-refractivity contribution in [3.05, 3.63) is 184 Å². The minimum Gasteiger partial charge on any atom is -0.618 e. The molecule has 0 aliphatic rings. The van der Waals surface area contributed by atoms with Crippen molar-refractivity contribution in [3.8, 4) is 55.6 Å². The van der Waals surface area contributed by atoms with E-state index in [0.29, 0.717) is 93.4 Å². The number of imidazole rings is 3. The van der Waals surface area contributed by atoms with E-state index in [0.717, 1.165) is 34.7 Å². The highest BCUT2D eigenvalue weighted by Gasteiger charge is 2.37. The molecule has 18 nitrogen and oxygen atoms in total. The van der Waals surface area contributed by atoms with Crippen LogP contribution in [0.3, 0.4) is 0 Å². The van der Waals surface area contributed by atoms with Gasteiger partial charge in [0.2, 0.25) is 5.52 Å². The molecular formula is C59H46ClF6N11O7. The van der Waals surface area contributed by atoms with Crippen LogP contribution in [0.15, 0.2) is 125 Å². The molecule has 0 saturated carbocycles. The summed E-state index contributed by atoms with van der Waals surface area (Å²) in [4.78, 5) is 48.9. The van der Waals surface area contributed by atoms with Gasteiger partial charge in [-0.15, -0.1) is 0 Å². The van der Waals surface area contributed by atoms with Crippen LogP contribution >= 0.6 is 11.6 Å². The maximum absolute atomic E-state index is 14.2. The molecule has 0 atom stereocenters. The summed E-state index contributed by atoms with van der Waals surface area (Å²) in [6.45, 7) is 10.6. The van der Waals surface area contributed by atoms with E-state index in [4.69, 9.17) is 25.2 Å². The van der Waals surface area contributed by atoms with E-state index in [1.807, 2.05) is 26.0 Å². The molecule has 13 rings (SSSR count). The van der Waals surface area contributed by atoms with Crippen LogP contribution in [-0.4, -0.2) is 49.1 Å². The monoisotopic (exact) mass is 1170 g/mol. The number of aryl methyl sites for hydroxylation is 9. The number of nitrogens with zero attached hydrogens (tertiary/aromatic N) is 8. The Balaban J connectivity index is 0.000000136. The highest BCUT2D eigenvalue weighted by Crippen LogP contribution is 2.45. The lowest BCUT2D eigenvalue weighted by Gasteiger charge is -2.16. The maximum Gasteiger partial charge on any atom is 0.417 e. The summed E-state index contributed by atoms with van der Waals surface area (Å²) in [6, 6.07) is 21.0. The summed E-state index contributed by atoms with van der Waals surface area (Å²) in [5, 5.41) is 25.2. The van der Waals surface area contributed by atoms with Crippen molar-refractivity contribution in [2.45, 2.75) is 53.9 Å². The second-order valence-electron chi connectivity index (χ2n) is 20.1. The fourth-order valence-corrected chi connectivity index (χ4v) is 11.3. The third-order valence-electron chi connectivity index (χ3n) is 14.7. The zero-order valence-electron chi connectivity index (χ0n) is 45.8. The number of aromatic nitrogens is 11. The summed E-state index contributed by atoms with van der Waals surface area (Å²) in [5.74, 6) is 1.75. The molecule has 0 unspecified atom stereocenters. The van der Waals surface area contributed by atoms with E-state index in [9.17, 15) is 45.9 Å². The molecule has 0 saturated heterocycles. The molecule has 25 heteroatoms. The summed E-state index contributed by atoms with van der Waals surface area (Å²) in [6.07, 6.45) is -6.56. The van der Waals surface area contributed by atoms with Crippen molar-refractivity contribution < 1.29 is 44.6 Å². The van der Waals surface area contributed by atoms with Gasteiger partial charge in [-0.25, -0.2) is 14.4 Å². The Morgan fingerprint density at radius 1 is 0.524 bits per heavy atom. The molecule has 0 spiro atoms. The smallest absolute Gasteiger partial charge is 0.417 e.